The van der Waals surface area contributed by atoms with Crippen LogP contribution < -0.4 is 10.6 Å². The number of rotatable bonds is 7. The van der Waals surface area contributed by atoms with Gasteiger partial charge in [-0.15, -0.1) is 10.2 Å². The lowest BCUT2D eigenvalue weighted by atomic mass is 10.3. The van der Waals surface area contributed by atoms with Gasteiger partial charge >= 0.3 is 0 Å². The molecule has 0 saturated carbocycles. The van der Waals surface area contributed by atoms with E-state index in [1.807, 2.05) is 24.6 Å². The Kier molecular flexibility index (Phi) is 5.08. The van der Waals surface area contributed by atoms with Crippen molar-refractivity contribution in [2.75, 3.05) is 17.2 Å². The Morgan fingerprint density at radius 2 is 2.00 bits per heavy atom. The molecule has 0 amide bonds. The number of nitrogens with zero attached hydrogens (tertiary/aromatic N) is 5. The molecule has 0 aliphatic carbocycles. The zero-order valence-electron chi connectivity index (χ0n) is 13.1. The highest BCUT2D eigenvalue weighted by atomic mass is 15.3. The van der Waals surface area contributed by atoms with Crippen LogP contribution in [0.25, 0.3) is 0 Å². The topological polar surface area (TPSA) is 80.5 Å². The van der Waals surface area contributed by atoms with E-state index >= 15 is 0 Å². The van der Waals surface area contributed by atoms with E-state index in [1.54, 1.807) is 6.33 Å². The van der Waals surface area contributed by atoms with Crippen LogP contribution in [0.1, 0.15) is 44.9 Å². The number of aryl methyl sites for hydroxylation is 2. The summed E-state index contributed by atoms with van der Waals surface area (Å²) < 4.78 is 1.90. The molecule has 0 aliphatic heterocycles. The minimum atomic E-state index is 0.0244. The van der Waals surface area contributed by atoms with Gasteiger partial charge in [-0.05, 0) is 20.3 Å². The number of nitrogens with one attached hydrogen (secondary N) is 2. The van der Waals surface area contributed by atoms with Gasteiger partial charge in [0.1, 0.15) is 23.8 Å². The summed E-state index contributed by atoms with van der Waals surface area (Å²) >= 11 is 0. The van der Waals surface area contributed by atoms with Gasteiger partial charge in [0.15, 0.2) is 5.82 Å². The fourth-order valence-electron chi connectivity index (χ4n) is 2.15. The fourth-order valence-corrected chi connectivity index (χ4v) is 2.15. The first-order valence-electron chi connectivity index (χ1n) is 7.36. The fraction of sp³-hybridized carbons (Fsp3) is 0.571. The van der Waals surface area contributed by atoms with Crippen LogP contribution >= 0.6 is 0 Å². The minimum absolute atomic E-state index is 0.0244. The van der Waals surface area contributed by atoms with Crippen molar-refractivity contribution in [2.45, 2.75) is 39.7 Å². The predicted octanol–water partition coefficient (Wildman–Crippen LogP) is 2.16. The number of aromatic nitrogens is 5. The van der Waals surface area contributed by atoms with E-state index in [0.29, 0.717) is 0 Å². The Labute approximate surface area is 125 Å². The van der Waals surface area contributed by atoms with Crippen molar-refractivity contribution in [3.8, 4) is 0 Å². The molecule has 0 fully saturated rings. The van der Waals surface area contributed by atoms with Crippen molar-refractivity contribution < 1.29 is 0 Å². The standard InChI is InChI=1S/C14H23N7/c1-5-7-11-18-12(15-6-2)8-13(19-11)17-10(3)14-20-16-9-21(14)4/h8-10H,5-7H2,1-4H3,(H2,15,17,18,19). The minimum Gasteiger partial charge on any atom is -0.370 e. The summed E-state index contributed by atoms with van der Waals surface area (Å²) in [5.74, 6) is 3.38. The third kappa shape index (κ3) is 3.90. The molecule has 2 N–H and O–H groups in total. The Morgan fingerprint density at radius 1 is 1.24 bits per heavy atom. The lowest BCUT2D eigenvalue weighted by Gasteiger charge is -2.15. The summed E-state index contributed by atoms with van der Waals surface area (Å²) in [6, 6.07) is 1.95. The molecule has 0 aromatic carbocycles. The summed E-state index contributed by atoms with van der Waals surface area (Å²) in [5.41, 5.74) is 0. The molecular weight excluding hydrogens is 266 g/mol. The van der Waals surface area contributed by atoms with Crippen molar-refractivity contribution in [2.24, 2.45) is 7.05 Å². The quantitative estimate of drug-likeness (QED) is 0.813. The summed E-state index contributed by atoms with van der Waals surface area (Å²) in [5, 5.41) is 14.6. The first kappa shape index (κ1) is 15.2. The van der Waals surface area contributed by atoms with Gasteiger partial charge < -0.3 is 15.2 Å². The first-order chi connectivity index (χ1) is 10.1. The van der Waals surface area contributed by atoms with Crippen LogP contribution in [-0.2, 0) is 13.5 Å². The summed E-state index contributed by atoms with van der Waals surface area (Å²) in [4.78, 5) is 9.07. The van der Waals surface area contributed by atoms with E-state index in [0.717, 1.165) is 42.7 Å². The molecule has 7 nitrogen and oxygen atoms in total. The van der Waals surface area contributed by atoms with Crippen molar-refractivity contribution in [3.05, 3.63) is 24.0 Å². The van der Waals surface area contributed by atoms with Crippen molar-refractivity contribution >= 4 is 11.6 Å². The van der Waals surface area contributed by atoms with E-state index in [4.69, 9.17) is 0 Å². The maximum Gasteiger partial charge on any atom is 0.154 e. The Hall–Kier alpha value is -2.18. The molecule has 2 heterocycles. The molecule has 1 atom stereocenters. The van der Waals surface area contributed by atoms with Crippen LogP contribution in [0.2, 0.25) is 0 Å². The van der Waals surface area contributed by atoms with Crippen molar-refractivity contribution in [1.29, 1.82) is 0 Å². The molecule has 1 unspecified atom stereocenters. The van der Waals surface area contributed by atoms with Crippen LogP contribution in [0.4, 0.5) is 11.6 Å². The second-order valence-corrected chi connectivity index (χ2v) is 5.00. The largest absolute Gasteiger partial charge is 0.370 e. The summed E-state index contributed by atoms with van der Waals surface area (Å²) in [6.07, 6.45) is 3.58. The Morgan fingerprint density at radius 3 is 2.62 bits per heavy atom. The molecule has 0 saturated heterocycles. The average molecular weight is 289 g/mol. The summed E-state index contributed by atoms with van der Waals surface area (Å²) in [7, 11) is 1.93. The van der Waals surface area contributed by atoms with Gasteiger partial charge in [0.05, 0.1) is 6.04 Å². The molecule has 0 bridgehead atoms. The van der Waals surface area contributed by atoms with E-state index in [-0.39, 0.29) is 6.04 Å². The molecule has 114 valence electrons. The highest BCUT2D eigenvalue weighted by molar-refractivity contribution is 5.48. The highest BCUT2D eigenvalue weighted by Gasteiger charge is 2.13. The number of hydrogen-bond donors (Lipinski definition) is 2. The molecule has 21 heavy (non-hydrogen) atoms. The van der Waals surface area contributed by atoms with Gasteiger partial charge in [-0.1, -0.05) is 6.92 Å². The Bertz CT molecular complexity index is 554. The van der Waals surface area contributed by atoms with E-state index < -0.39 is 0 Å². The molecule has 2 aromatic rings. The van der Waals surface area contributed by atoms with Crippen LogP contribution in [0.15, 0.2) is 12.4 Å². The molecule has 7 heteroatoms. The molecule has 0 spiro atoms. The van der Waals surface area contributed by atoms with Gasteiger partial charge in [0.25, 0.3) is 0 Å². The maximum absolute atomic E-state index is 4.57. The smallest absolute Gasteiger partial charge is 0.154 e. The van der Waals surface area contributed by atoms with E-state index in [9.17, 15) is 0 Å². The molecule has 2 rings (SSSR count). The second kappa shape index (κ2) is 7.01. The monoisotopic (exact) mass is 289 g/mol. The van der Waals surface area contributed by atoms with Crippen molar-refractivity contribution in [3.63, 3.8) is 0 Å². The van der Waals surface area contributed by atoms with E-state index in [1.165, 1.54) is 0 Å². The SMILES string of the molecule is CCCc1nc(NCC)cc(NC(C)c2nncn2C)n1. The van der Waals surface area contributed by atoms with Gasteiger partial charge in [-0.25, -0.2) is 9.97 Å². The molecule has 2 aromatic heterocycles. The van der Waals surface area contributed by atoms with Crippen LogP contribution in [0, 0.1) is 0 Å². The lowest BCUT2D eigenvalue weighted by Crippen LogP contribution is -2.14. The third-order valence-electron chi connectivity index (χ3n) is 3.10. The zero-order chi connectivity index (χ0) is 15.2. The first-order valence-corrected chi connectivity index (χ1v) is 7.36. The van der Waals surface area contributed by atoms with Crippen LogP contribution in [-0.4, -0.2) is 31.3 Å². The summed E-state index contributed by atoms with van der Waals surface area (Å²) in [6.45, 7) is 7.05. The molecule has 0 radical (unpaired) electrons. The van der Waals surface area contributed by atoms with Crippen molar-refractivity contribution in [1.82, 2.24) is 24.7 Å². The van der Waals surface area contributed by atoms with Gasteiger partial charge in [-0.2, -0.15) is 0 Å². The second-order valence-electron chi connectivity index (χ2n) is 5.00. The van der Waals surface area contributed by atoms with E-state index in [2.05, 4.69) is 44.6 Å². The third-order valence-corrected chi connectivity index (χ3v) is 3.10. The predicted molar refractivity (Wildman–Crippen MR) is 83.2 cm³/mol. The number of hydrogen-bond acceptors (Lipinski definition) is 6. The van der Waals surface area contributed by atoms with Gasteiger partial charge in [0.2, 0.25) is 0 Å². The van der Waals surface area contributed by atoms with Gasteiger partial charge in [-0.3, -0.25) is 0 Å². The lowest BCUT2D eigenvalue weighted by molar-refractivity contribution is 0.714. The number of anilines is 2. The Balaban J connectivity index is 2.19. The normalized spacial score (nSPS) is 12.2. The van der Waals surface area contributed by atoms with Crippen LogP contribution in [0.3, 0.4) is 0 Å². The van der Waals surface area contributed by atoms with Crippen LogP contribution in [0.5, 0.6) is 0 Å². The van der Waals surface area contributed by atoms with Gasteiger partial charge in [0, 0.05) is 26.1 Å². The molecular formula is C14H23N7. The average Bonchev–Trinajstić information content (AvgIpc) is 2.85. The maximum atomic E-state index is 4.57. The zero-order valence-corrected chi connectivity index (χ0v) is 13.1. The molecule has 0 aliphatic rings. The highest BCUT2D eigenvalue weighted by Crippen LogP contribution is 2.18.